The predicted octanol–water partition coefficient (Wildman–Crippen LogP) is 3.70. The number of urea groups is 1. The lowest BCUT2D eigenvalue weighted by molar-refractivity contribution is -0.140. The fourth-order valence-electron chi connectivity index (χ4n) is 2.49. The molecule has 0 unspecified atom stereocenters. The first kappa shape index (κ1) is 19.3. The molecule has 1 aromatic carbocycles. The number of halogens is 4. The van der Waals surface area contributed by atoms with Crippen molar-refractivity contribution >= 4 is 11.8 Å². The van der Waals surface area contributed by atoms with E-state index in [9.17, 15) is 22.4 Å². The van der Waals surface area contributed by atoms with Crippen molar-refractivity contribution in [3.63, 3.8) is 0 Å². The highest BCUT2D eigenvalue weighted by Gasteiger charge is 2.35. The highest BCUT2D eigenvalue weighted by atomic mass is 19.4. The summed E-state index contributed by atoms with van der Waals surface area (Å²) < 4.78 is 54.0. The summed E-state index contributed by atoms with van der Waals surface area (Å²) in [5, 5.41) is 8.87. The van der Waals surface area contributed by atoms with E-state index in [-0.39, 0.29) is 17.3 Å². The number of aromatic nitrogens is 4. The first-order valence-corrected chi connectivity index (χ1v) is 8.02. The Bertz CT molecular complexity index is 973. The monoisotopic (exact) mass is 394 g/mol. The third-order valence-electron chi connectivity index (χ3n) is 3.77. The van der Waals surface area contributed by atoms with Gasteiger partial charge in [0.25, 0.3) is 5.95 Å². The van der Waals surface area contributed by atoms with Gasteiger partial charge in [-0.3, -0.25) is 5.32 Å². The molecular weight excluding hydrogens is 380 g/mol. The van der Waals surface area contributed by atoms with E-state index in [4.69, 9.17) is 0 Å². The van der Waals surface area contributed by atoms with Crippen molar-refractivity contribution in [2.24, 2.45) is 0 Å². The van der Waals surface area contributed by atoms with E-state index >= 15 is 0 Å². The number of hydrogen-bond donors (Lipinski definition) is 2. The SMILES string of the molecule is C[C@@H](NC(=O)Nc1ccnn1-c1ncccn1)c1cccc(C(F)(F)F)c1F. The molecule has 0 radical (unpaired) electrons. The summed E-state index contributed by atoms with van der Waals surface area (Å²) in [6.07, 6.45) is -0.440. The summed E-state index contributed by atoms with van der Waals surface area (Å²) >= 11 is 0. The largest absolute Gasteiger partial charge is 0.419 e. The minimum Gasteiger partial charge on any atom is -0.331 e. The van der Waals surface area contributed by atoms with E-state index in [1.807, 2.05) is 0 Å². The zero-order valence-corrected chi connectivity index (χ0v) is 14.4. The Hall–Kier alpha value is -3.50. The van der Waals surface area contributed by atoms with E-state index in [2.05, 4.69) is 25.7 Å². The Kier molecular flexibility index (Phi) is 5.25. The van der Waals surface area contributed by atoms with Gasteiger partial charge in [-0.1, -0.05) is 12.1 Å². The molecule has 2 N–H and O–H groups in total. The summed E-state index contributed by atoms with van der Waals surface area (Å²) in [5.41, 5.74) is -1.68. The summed E-state index contributed by atoms with van der Waals surface area (Å²) in [6, 6.07) is 4.21. The highest BCUT2D eigenvalue weighted by molar-refractivity contribution is 5.88. The van der Waals surface area contributed by atoms with Crippen LogP contribution in [0.25, 0.3) is 5.95 Å². The Balaban J connectivity index is 1.74. The van der Waals surface area contributed by atoms with Crippen molar-refractivity contribution in [3.05, 3.63) is 65.9 Å². The third-order valence-corrected chi connectivity index (χ3v) is 3.77. The van der Waals surface area contributed by atoms with E-state index in [0.29, 0.717) is 6.07 Å². The van der Waals surface area contributed by atoms with Gasteiger partial charge in [-0.05, 0) is 19.1 Å². The average Bonchev–Trinajstić information content (AvgIpc) is 3.09. The first-order valence-electron chi connectivity index (χ1n) is 8.02. The van der Waals surface area contributed by atoms with Gasteiger partial charge in [-0.2, -0.15) is 23.0 Å². The number of rotatable bonds is 4. The van der Waals surface area contributed by atoms with Gasteiger partial charge in [-0.25, -0.2) is 19.2 Å². The molecule has 11 heteroatoms. The molecule has 2 aromatic heterocycles. The molecule has 28 heavy (non-hydrogen) atoms. The van der Waals surface area contributed by atoms with Crippen LogP contribution in [0.5, 0.6) is 0 Å². The molecule has 146 valence electrons. The molecule has 1 atom stereocenters. The van der Waals surface area contributed by atoms with Gasteiger partial charge in [0.2, 0.25) is 0 Å². The third kappa shape index (κ3) is 4.08. The Morgan fingerprint density at radius 3 is 2.50 bits per heavy atom. The van der Waals surface area contributed by atoms with E-state index < -0.39 is 29.6 Å². The molecule has 0 saturated carbocycles. The summed E-state index contributed by atoms with van der Waals surface area (Å²) in [4.78, 5) is 20.2. The van der Waals surface area contributed by atoms with Crippen LogP contribution in [-0.4, -0.2) is 25.8 Å². The van der Waals surface area contributed by atoms with Crippen molar-refractivity contribution < 1.29 is 22.4 Å². The normalized spacial score (nSPS) is 12.5. The van der Waals surface area contributed by atoms with Gasteiger partial charge in [-0.15, -0.1) is 0 Å². The number of benzene rings is 1. The number of nitrogens with zero attached hydrogens (tertiary/aromatic N) is 4. The van der Waals surface area contributed by atoms with Crippen LogP contribution in [0, 0.1) is 5.82 Å². The second-order valence-electron chi connectivity index (χ2n) is 5.70. The van der Waals surface area contributed by atoms with Crippen LogP contribution in [0.1, 0.15) is 24.1 Å². The van der Waals surface area contributed by atoms with Crippen LogP contribution in [0.15, 0.2) is 48.9 Å². The van der Waals surface area contributed by atoms with Crippen molar-refractivity contribution in [1.29, 1.82) is 0 Å². The quantitative estimate of drug-likeness (QED) is 0.661. The topological polar surface area (TPSA) is 84.7 Å². The molecule has 3 aromatic rings. The van der Waals surface area contributed by atoms with Gasteiger partial charge >= 0.3 is 12.2 Å². The number of carbonyl (C=O) groups excluding carboxylic acids is 1. The molecule has 0 spiro atoms. The molecule has 3 rings (SSSR count). The number of carbonyl (C=O) groups is 1. The van der Waals surface area contributed by atoms with Gasteiger partial charge in [0.15, 0.2) is 0 Å². The molecule has 0 bridgehead atoms. The summed E-state index contributed by atoms with van der Waals surface area (Å²) in [5.74, 6) is -0.995. The van der Waals surface area contributed by atoms with E-state index in [1.165, 1.54) is 42.3 Å². The smallest absolute Gasteiger partial charge is 0.331 e. The standard InChI is InChI=1S/C17H14F4N6O/c1-10(11-4-2-5-12(14(11)18)17(19,20)21)25-16(28)26-13-6-9-24-27(13)15-22-7-3-8-23-15/h2-10H,1H3,(H2,25,26,28)/t10-/m1/s1. The molecule has 0 aliphatic rings. The second kappa shape index (κ2) is 7.62. The maximum atomic E-state index is 14.2. The van der Waals surface area contributed by atoms with Gasteiger partial charge in [0.05, 0.1) is 17.8 Å². The number of alkyl halides is 3. The van der Waals surface area contributed by atoms with Crippen molar-refractivity contribution in [2.45, 2.75) is 19.1 Å². The zero-order chi connectivity index (χ0) is 20.3. The molecular formula is C17H14F4N6O. The lowest BCUT2D eigenvalue weighted by Crippen LogP contribution is -2.32. The molecule has 7 nitrogen and oxygen atoms in total. The number of hydrogen-bond acceptors (Lipinski definition) is 4. The van der Waals surface area contributed by atoms with Crippen LogP contribution in [0.3, 0.4) is 0 Å². The van der Waals surface area contributed by atoms with Crippen molar-refractivity contribution in [3.8, 4) is 5.95 Å². The minimum absolute atomic E-state index is 0.208. The van der Waals surface area contributed by atoms with Crippen LogP contribution >= 0.6 is 0 Å². The number of anilines is 1. The Labute approximate surface area is 156 Å². The maximum Gasteiger partial charge on any atom is 0.419 e. The van der Waals surface area contributed by atoms with Gasteiger partial charge in [0.1, 0.15) is 11.6 Å². The molecule has 0 fully saturated rings. The fraction of sp³-hybridized carbons (Fsp3) is 0.176. The first-order chi connectivity index (χ1) is 13.3. The molecule has 2 heterocycles. The molecule has 0 aliphatic heterocycles. The van der Waals surface area contributed by atoms with Crippen LogP contribution in [-0.2, 0) is 6.18 Å². The van der Waals surface area contributed by atoms with Crippen molar-refractivity contribution in [2.75, 3.05) is 5.32 Å². The average molecular weight is 394 g/mol. The highest BCUT2D eigenvalue weighted by Crippen LogP contribution is 2.33. The van der Waals surface area contributed by atoms with E-state index in [1.54, 1.807) is 6.07 Å². The Morgan fingerprint density at radius 2 is 1.82 bits per heavy atom. The van der Waals surface area contributed by atoms with Gasteiger partial charge in [0, 0.05) is 24.0 Å². The molecule has 0 saturated heterocycles. The maximum absolute atomic E-state index is 14.2. The van der Waals surface area contributed by atoms with Crippen LogP contribution < -0.4 is 10.6 Å². The van der Waals surface area contributed by atoms with Crippen molar-refractivity contribution in [1.82, 2.24) is 25.1 Å². The second-order valence-corrected chi connectivity index (χ2v) is 5.70. The summed E-state index contributed by atoms with van der Waals surface area (Å²) in [7, 11) is 0. The number of amides is 2. The summed E-state index contributed by atoms with van der Waals surface area (Å²) in [6.45, 7) is 1.37. The zero-order valence-electron chi connectivity index (χ0n) is 14.4. The Morgan fingerprint density at radius 1 is 1.11 bits per heavy atom. The number of nitrogens with one attached hydrogen (secondary N) is 2. The fourth-order valence-corrected chi connectivity index (χ4v) is 2.49. The molecule has 0 aliphatic carbocycles. The van der Waals surface area contributed by atoms with Crippen LogP contribution in [0.2, 0.25) is 0 Å². The lowest BCUT2D eigenvalue weighted by Gasteiger charge is -2.18. The lowest BCUT2D eigenvalue weighted by atomic mass is 10.0. The molecule has 2 amide bonds. The predicted molar refractivity (Wildman–Crippen MR) is 91.1 cm³/mol. The van der Waals surface area contributed by atoms with E-state index in [0.717, 1.165) is 6.07 Å². The van der Waals surface area contributed by atoms with Gasteiger partial charge < -0.3 is 5.32 Å². The minimum atomic E-state index is -4.83. The van der Waals surface area contributed by atoms with Crippen LogP contribution in [0.4, 0.5) is 28.2 Å².